The Bertz CT molecular complexity index is 297. The molecule has 2 rings (SSSR count). The van der Waals surface area contributed by atoms with Gasteiger partial charge >= 0.3 is 0 Å². The lowest BCUT2D eigenvalue weighted by molar-refractivity contribution is 0.0978. The summed E-state index contributed by atoms with van der Waals surface area (Å²) in [6, 6.07) is 2.11. The number of H-pyrrole nitrogens is 1. The van der Waals surface area contributed by atoms with Crippen molar-refractivity contribution in [1.82, 2.24) is 15.1 Å². The van der Waals surface area contributed by atoms with Crippen molar-refractivity contribution < 1.29 is 0 Å². The minimum absolute atomic E-state index is 0.290. The molecule has 0 unspecified atom stereocenters. The third-order valence-corrected chi connectivity index (χ3v) is 3.33. The van der Waals surface area contributed by atoms with E-state index in [2.05, 4.69) is 41.9 Å². The van der Waals surface area contributed by atoms with Gasteiger partial charge in [0.05, 0.1) is 0 Å². The van der Waals surface area contributed by atoms with Crippen LogP contribution in [0.1, 0.15) is 45.2 Å². The maximum absolute atomic E-state index is 4.04. The lowest BCUT2D eigenvalue weighted by Crippen LogP contribution is -2.46. The molecule has 3 nitrogen and oxygen atoms in total. The van der Waals surface area contributed by atoms with Crippen LogP contribution in [0, 0.1) is 0 Å². The molecule has 2 heterocycles. The quantitative estimate of drug-likeness (QED) is 0.766. The molecule has 0 radical (unpaired) electrons. The average molecular weight is 207 g/mol. The molecule has 0 bridgehead atoms. The number of piperidine rings is 1. The van der Waals surface area contributed by atoms with Gasteiger partial charge in [-0.2, -0.15) is 5.10 Å². The largest absolute Gasteiger partial charge is 0.298 e. The topological polar surface area (TPSA) is 31.9 Å². The highest BCUT2D eigenvalue weighted by molar-refractivity contribution is 5.08. The van der Waals surface area contributed by atoms with Crippen molar-refractivity contribution in [3.63, 3.8) is 0 Å². The minimum Gasteiger partial charge on any atom is -0.298 e. The fourth-order valence-electron chi connectivity index (χ4n) is 2.33. The van der Waals surface area contributed by atoms with Crippen molar-refractivity contribution in [1.29, 1.82) is 0 Å². The lowest BCUT2D eigenvalue weighted by Gasteiger charge is -2.41. The number of nitrogens with zero attached hydrogens (tertiary/aromatic N) is 2. The van der Waals surface area contributed by atoms with Crippen LogP contribution in [-0.2, 0) is 0 Å². The smallest absolute Gasteiger partial charge is 0.0490 e. The van der Waals surface area contributed by atoms with E-state index in [1.165, 1.54) is 25.1 Å². The van der Waals surface area contributed by atoms with Crippen LogP contribution in [0.4, 0.5) is 0 Å². The third kappa shape index (κ3) is 2.40. The van der Waals surface area contributed by atoms with Crippen LogP contribution in [-0.4, -0.2) is 33.7 Å². The molecular formula is C12H21N3. The first-order valence-electron chi connectivity index (χ1n) is 5.82. The van der Waals surface area contributed by atoms with Gasteiger partial charge < -0.3 is 0 Å². The number of likely N-dealkylation sites (tertiary alicyclic amines) is 1. The van der Waals surface area contributed by atoms with Gasteiger partial charge in [-0.25, -0.2) is 0 Å². The lowest BCUT2D eigenvalue weighted by atomic mass is 9.91. The second-order valence-electron chi connectivity index (χ2n) is 5.47. The van der Waals surface area contributed by atoms with Crippen LogP contribution in [0.5, 0.6) is 0 Å². The summed E-state index contributed by atoms with van der Waals surface area (Å²) < 4.78 is 0. The van der Waals surface area contributed by atoms with Crippen LogP contribution in [0.3, 0.4) is 0 Å². The summed E-state index contributed by atoms with van der Waals surface area (Å²) >= 11 is 0. The highest BCUT2D eigenvalue weighted by Gasteiger charge is 2.28. The molecule has 0 saturated carbocycles. The van der Waals surface area contributed by atoms with Crippen LogP contribution < -0.4 is 0 Å². The summed E-state index contributed by atoms with van der Waals surface area (Å²) in [6.07, 6.45) is 4.43. The van der Waals surface area contributed by atoms with Gasteiger partial charge in [0.25, 0.3) is 0 Å². The number of hydrogen-bond acceptors (Lipinski definition) is 2. The Balaban J connectivity index is 2.05. The Morgan fingerprint density at radius 3 is 2.87 bits per heavy atom. The second kappa shape index (κ2) is 3.97. The van der Waals surface area contributed by atoms with Gasteiger partial charge in [0.2, 0.25) is 0 Å². The average Bonchev–Trinajstić information content (AvgIpc) is 2.69. The summed E-state index contributed by atoms with van der Waals surface area (Å²) in [4.78, 5) is 2.57. The van der Waals surface area contributed by atoms with Crippen LogP contribution >= 0.6 is 0 Å². The summed E-state index contributed by atoms with van der Waals surface area (Å²) in [5, 5.41) is 7.14. The molecule has 1 aliphatic heterocycles. The molecule has 0 aromatic carbocycles. The Hall–Kier alpha value is -0.830. The van der Waals surface area contributed by atoms with E-state index in [4.69, 9.17) is 0 Å². The summed E-state index contributed by atoms with van der Waals surface area (Å²) in [5.74, 6) is 0.639. The van der Waals surface area contributed by atoms with Crippen molar-refractivity contribution in [3.05, 3.63) is 18.0 Å². The molecule has 0 spiro atoms. The van der Waals surface area contributed by atoms with E-state index in [1.807, 2.05) is 6.20 Å². The van der Waals surface area contributed by atoms with Gasteiger partial charge in [-0.3, -0.25) is 10.00 Å². The van der Waals surface area contributed by atoms with Crippen LogP contribution in [0.25, 0.3) is 0 Å². The Kier molecular flexibility index (Phi) is 2.83. The van der Waals surface area contributed by atoms with Gasteiger partial charge in [-0.05, 0) is 46.2 Å². The van der Waals surface area contributed by atoms with E-state index in [1.54, 1.807) is 0 Å². The Morgan fingerprint density at radius 1 is 1.47 bits per heavy atom. The highest BCUT2D eigenvalue weighted by Crippen LogP contribution is 2.29. The number of rotatable bonds is 1. The zero-order valence-corrected chi connectivity index (χ0v) is 9.95. The predicted molar refractivity (Wildman–Crippen MR) is 61.9 cm³/mol. The van der Waals surface area contributed by atoms with Gasteiger partial charge in [0.1, 0.15) is 0 Å². The Labute approximate surface area is 91.9 Å². The van der Waals surface area contributed by atoms with Crippen molar-refractivity contribution in [2.45, 2.75) is 45.1 Å². The predicted octanol–water partition coefficient (Wildman–Crippen LogP) is 2.39. The van der Waals surface area contributed by atoms with E-state index >= 15 is 0 Å². The molecule has 1 aromatic rings. The standard InChI is InChI=1S/C12H21N3/c1-12(2,3)15-8-4-5-10(9-15)11-6-7-13-14-11/h6-7,10H,4-5,8-9H2,1-3H3,(H,13,14)/t10-/m0/s1. The molecule has 0 aliphatic carbocycles. The Morgan fingerprint density at radius 2 is 2.27 bits per heavy atom. The zero-order chi connectivity index (χ0) is 10.9. The molecule has 1 fully saturated rings. The summed E-state index contributed by atoms with van der Waals surface area (Å²) in [7, 11) is 0. The molecule has 0 amide bonds. The van der Waals surface area contributed by atoms with Gasteiger partial charge in [0.15, 0.2) is 0 Å². The normalized spacial score (nSPS) is 24.3. The molecule has 84 valence electrons. The van der Waals surface area contributed by atoms with Crippen molar-refractivity contribution in [2.75, 3.05) is 13.1 Å². The first-order chi connectivity index (χ1) is 7.07. The van der Waals surface area contributed by atoms with E-state index < -0.39 is 0 Å². The highest BCUT2D eigenvalue weighted by atomic mass is 15.2. The fourth-order valence-corrected chi connectivity index (χ4v) is 2.33. The minimum atomic E-state index is 0.290. The van der Waals surface area contributed by atoms with Gasteiger partial charge in [0, 0.05) is 29.9 Å². The van der Waals surface area contributed by atoms with E-state index in [0.29, 0.717) is 11.5 Å². The van der Waals surface area contributed by atoms with Gasteiger partial charge in [-0.15, -0.1) is 0 Å². The monoisotopic (exact) mass is 207 g/mol. The number of hydrogen-bond donors (Lipinski definition) is 1. The van der Waals surface area contributed by atoms with Crippen molar-refractivity contribution in [3.8, 4) is 0 Å². The molecule has 3 heteroatoms. The first-order valence-corrected chi connectivity index (χ1v) is 5.82. The maximum Gasteiger partial charge on any atom is 0.0490 e. The number of nitrogens with one attached hydrogen (secondary N) is 1. The molecule has 1 saturated heterocycles. The van der Waals surface area contributed by atoms with Gasteiger partial charge in [-0.1, -0.05) is 0 Å². The molecule has 1 aromatic heterocycles. The number of aromatic nitrogens is 2. The maximum atomic E-state index is 4.04. The molecule has 1 aliphatic rings. The summed E-state index contributed by atoms with van der Waals surface area (Å²) in [5.41, 5.74) is 1.59. The van der Waals surface area contributed by atoms with Crippen LogP contribution in [0.2, 0.25) is 0 Å². The van der Waals surface area contributed by atoms with E-state index in [9.17, 15) is 0 Å². The van der Waals surface area contributed by atoms with Crippen LogP contribution in [0.15, 0.2) is 12.3 Å². The molecule has 1 N–H and O–H groups in total. The number of aromatic amines is 1. The fraction of sp³-hybridized carbons (Fsp3) is 0.750. The molecular weight excluding hydrogens is 186 g/mol. The van der Waals surface area contributed by atoms with E-state index in [-0.39, 0.29) is 0 Å². The first kappa shape index (κ1) is 10.7. The van der Waals surface area contributed by atoms with Crippen molar-refractivity contribution >= 4 is 0 Å². The van der Waals surface area contributed by atoms with E-state index in [0.717, 1.165) is 6.54 Å². The zero-order valence-electron chi connectivity index (χ0n) is 9.95. The third-order valence-electron chi connectivity index (χ3n) is 3.33. The second-order valence-corrected chi connectivity index (χ2v) is 5.47. The molecule has 1 atom stereocenters. The van der Waals surface area contributed by atoms with Crippen molar-refractivity contribution in [2.24, 2.45) is 0 Å². The SMILES string of the molecule is CC(C)(C)N1CCC[C@H](c2ccn[nH]2)C1. The summed E-state index contributed by atoms with van der Waals surface area (Å²) in [6.45, 7) is 9.27. The molecule has 15 heavy (non-hydrogen) atoms.